The summed E-state index contributed by atoms with van der Waals surface area (Å²) in [4.78, 5) is 66.6. The summed E-state index contributed by atoms with van der Waals surface area (Å²) in [5.74, 6) is -1.50. The highest BCUT2D eigenvalue weighted by atomic mass is 31.2. The molecule has 0 aliphatic carbocycles. The largest absolute Gasteiger partial charge is 0.395 e. The van der Waals surface area contributed by atoms with Gasteiger partial charge >= 0.3 is 30.4 Å². The fourth-order valence-corrected chi connectivity index (χ4v) is 4.15. The van der Waals surface area contributed by atoms with Crippen molar-refractivity contribution >= 4 is 30.4 Å². The summed E-state index contributed by atoms with van der Waals surface area (Å²) < 4.78 is 41.1. The van der Waals surface area contributed by atoms with Gasteiger partial charge in [0.1, 0.15) is 5.78 Å². The zero-order valence-electron chi connectivity index (χ0n) is 11.3. The molecule has 14 nitrogen and oxygen atoms in total. The molecule has 11 N–H and O–H groups in total. The summed E-state index contributed by atoms with van der Waals surface area (Å²) in [5, 5.41) is 5.92. The zero-order valence-corrected chi connectivity index (χ0v) is 14.9. The van der Waals surface area contributed by atoms with Crippen molar-refractivity contribution in [1.29, 1.82) is 0 Å². The number of hydrogen-bond acceptors (Lipinski definition) is 6. The Kier molecular flexibility index (Phi) is 10.4. The molecule has 0 fully saturated rings. The Morgan fingerprint density at radius 1 is 0.739 bits per heavy atom. The molecule has 0 radical (unpaired) electrons. The predicted octanol–water partition coefficient (Wildman–Crippen LogP) is -2.32. The third-order valence-electron chi connectivity index (χ3n) is 2.09. The van der Waals surface area contributed by atoms with Gasteiger partial charge in [0, 0.05) is 0 Å². The molecule has 0 aromatic heterocycles. The van der Waals surface area contributed by atoms with E-state index in [1.54, 1.807) is 0 Å². The molecule has 0 spiro atoms. The van der Waals surface area contributed by atoms with Gasteiger partial charge in [0.05, 0.1) is 12.8 Å². The molecule has 0 bridgehead atoms. The van der Waals surface area contributed by atoms with Crippen molar-refractivity contribution in [2.45, 2.75) is 17.6 Å². The molecule has 0 heterocycles. The van der Waals surface area contributed by atoms with Crippen LogP contribution in [0.4, 0.5) is 0 Å². The summed E-state index contributed by atoms with van der Waals surface area (Å²) in [6.45, 7) is -1.24. The molecule has 23 heavy (non-hydrogen) atoms. The maximum Gasteiger partial charge on any atom is 0.343 e. The van der Waals surface area contributed by atoms with Crippen molar-refractivity contribution in [3.8, 4) is 0 Å². The van der Waals surface area contributed by atoms with Gasteiger partial charge in [0.15, 0.2) is 5.40 Å². The third-order valence-corrected chi connectivity index (χ3v) is 7.74. The van der Waals surface area contributed by atoms with Gasteiger partial charge in [-0.25, -0.2) is 0 Å². The van der Waals surface area contributed by atoms with Crippen molar-refractivity contribution in [3.63, 3.8) is 0 Å². The molecule has 0 saturated carbocycles. The summed E-state index contributed by atoms with van der Waals surface area (Å²) in [6.07, 6.45) is -1.01. The van der Waals surface area contributed by atoms with Crippen LogP contribution in [0.15, 0.2) is 0 Å². The molecule has 0 saturated heterocycles. The fourth-order valence-electron chi connectivity index (χ4n) is 0.877. The molecule has 0 amide bonds. The summed E-state index contributed by atoms with van der Waals surface area (Å²) in [5.41, 5.74) is 4.95. The zero-order chi connectivity index (χ0) is 19.3. The van der Waals surface area contributed by atoms with Gasteiger partial charge in [-0.05, 0) is 6.42 Å². The maximum absolute atomic E-state index is 10.4. The van der Waals surface area contributed by atoms with E-state index < -0.39 is 60.8 Å². The van der Waals surface area contributed by atoms with Crippen LogP contribution in [0.5, 0.6) is 0 Å². The van der Waals surface area contributed by atoms with E-state index in [1.807, 2.05) is 0 Å². The van der Waals surface area contributed by atoms with E-state index >= 15 is 0 Å². The Balaban J connectivity index is 0. The minimum atomic E-state index is -4.91. The SMILES string of the molecule is NC(CCP(=O)(O)O)P(=O)(O)O.O=P(O)(O)C(CO)P(=O)(O)O. The molecular weight excluding hydrogens is 406 g/mol. The van der Waals surface area contributed by atoms with E-state index in [-0.39, 0.29) is 0 Å². The average Bonchev–Trinajstić information content (AvgIpc) is 2.20. The highest BCUT2D eigenvalue weighted by molar-refractivity contribution is 7.70. The second-order valence-electron chi connectivity index (χ2n) is 4.17. The first-order valence-corrected chi connectivity index (χ1v) is 12.2. The second-order valence-corrected chi connectivity index (χ2v) is 11.8. The van der Waals surface area contributed by atoms with Crippen LogP contribution in [0, 0.1) is 0 Å². The van der Waals surface area contributed by atoms with Crippen LogP contribution in [0.3, 0.4) is 0 Å². The van der Waals surface area contributed by atoms with Gasteiger partial charge in [-0.2, -0.15) is 0 Å². The van der Waals surface area contributed by atoms with Crippen molar-refractivity contribution < 1.29 is 62.5 Å². The van der Waals surface area contributed by atoms with Crippen LogP contribution in [0.25, 0.3) is 0 Å². The van der Waals surface area contributed by atoms with Crippen molar-refractivity contribution in [2.75, 3.05) is 12.8 Å². The maximum atomic E-state index is 10.4. The minimum absolute atomic E-state index is 0.394. The van der Waals surface area contributed by atoms with E-state index in [0.717, 1.165) is 0 Å². The average molecular weight is 425 g/mol. The highest BCUT2D eigenvalue weighted by Gasteiger charge is 2.42. The van der Waals surface area contributed by atoms with Gasteiger partial charge in [0.2, 0.25) is 0 Å². The molecule has 1 unspecified atom stereocenters. The van der Waals surface area contributed by atoms with Crippen LogP contribution in [0.1, 0.15) is 6.42 Å². The van der Waals surface area contributed by atoms with E-state index in [9.17, 15) is 18.3 Å². The van der Waals surface area contributed by atoms with Gasteiger partial charge in [0.25, 0.3) is 0 Å². The quantitative estimate of drug-likeness (QED) is 0.192. The Bertz CT molecular complexity index is 517. The molecule has 0 aromatic rings. The Hall–Kier alpha value is 0.520. The monoisotopic (exact) mass is 425 g/mol. The van der Waals surface area contributed by atoms with Gasteiger partial charge in [-0.1, -0.05) is 0 Å². The number of aliphatic hydroxyl groups excluding tert-OH is 1. The predicted molar refractivity (Wildman–Crippen MR) is 76.5 cm³/mol. The first-order valence-electron chi connectivity index (χ1n) is 5.39. The Morgan fingerprint density at radius 3 is 1.22 bits per heavy atom. The number of aliphatic hydroxyl groups is 1. The van der Waals surface area contributed by atoms with Crippen LogP contribution in [-0.4, -0.2) is 68.2 Å². The lowest BCUT2D eigenvalue weighted by molar-refractivity contribution is 0.266. The summed E-state index contributed by atoms with van der Waals surface area (Å²) >= 11 is 0. The summed E-state index contributed by atoms with van der Waals surface area (Å²) in [6, 6.07) is 0. The molecule has 1 atom stereocenters. The molecule has 18 heteroatoms. The highest BCUT2D eigenvalue weighted by Crippen LogP contribution is 2.59. The molecule has 0 aromatic carbocycles. The molecular formula is C5H19NO13P4. The number of nitrogens with two attached hydrogens (primary N) is 1. The second kappa shape index (κ2) is 9.28. The molecule has 0 aliphatic heterocycles. The summed E-state index contributed by atoms with van der Waals surface area (Å²) in [7, 11) is -18.4. The van der Waals surface area contributed by atoms with E-state index in [1.165, 1.54) is 0 Å². The van der Waals surface area contributed by atoms with Crippen LogP contribution in [0.2, 0.25) is 0 Å². The van der Waals surface area contributed by atoms with Crippen molar-refractivity contribution in [3.05, 3.63) is 0 Å². The van der Waals surface area contributed by atoms with E-state index in [4.69, 9.17) is 50.0 Å². The van der Waals surface area contributed by atoms with Gasteiger partial charge in [-0.15, -0.1) is 0 Å². The molecule has 0 aliphatic rings. The topological polar surface area (TPSA) is 276 Å². The lowest BCUT2D eigenvalue weighted by Crippen LogP contribution is -2.21. The molecule has 0 rings (SSSR count). The van der Waals surface area contributed by atoms with Gasteiger partial charge < -0.3 is 50.0 Å². The Labute approximate surface area is 130 Å². The number of rotatable bonds is 7. The first-order chi connectivity index (χ1) is 9.82. The first kappa shape index (κ1) is 25.8. The lowest BCUT2D eigenvalue weighted by Gasteiger charge is -2.16. The fraction of sp³-hybridized carbons (Fsp3) is 1.00. The van der Waals surface area contributed by atoms with Crippen LogP contribution < -0.4 is 5.73 Å². The van der Waals surface area contributed by atoms with Crippen molar-refractivity contribution in [1.82, 2.24) is 0 Å². The smallest absolute Gasteiger partial charge is 0.343 e. The standard InChI is InChI=1S/C3H11NO6P2.C2H8O7P2/c4-3(12(8,9)10)1-2-11(5,6)7;3-1-2(10(4,5)6)11(7,8)9/h3H,1-2,4H2,(H2,5,6,7)(H2,8,9,10);2-3H,1H2,(H2,4,5,6)(H2,7,8,9). The van der Waals surface area contributed by atoms with Crippen LogP contribution >= 0.6 is 30.4 Å². The van der Waals surface area contributed by atoms with E-state index in [0.29, 0.717) is 0 Å². The Morgan fingerprint density at radius 2 is 1.09 bits per heavy atom. The molecule has 142 valence electrons. The van der Waals surface area contributed by atoms with E-state index in [2.05, 4.69) is 0 Å². The number of hydrogen-bond donors (Lipinski definition) is 10. The van der Waals surface area contributed by atoms with Crippen molar-refractivity contribution in [2.24, 2.45) is 5.73 Å². The lowest BCUT2D eigenvalue weighted by atomic mass is 10.5. The minimum Gasteiger partial charge on any atom is -0.395 e. The third kappa shape index (κ3) is 13.5. The van der Waals surface area contributed by atoms with Gasteiger partial charge in [-0.3, -0.25) is 18.3 Å². The van der Waals surface area contributed by atoms with Crippen LogP contribution in [-0.2, 0) is 18.3 Å². The normalized spacial score (nSPS) is 15.1.